The maximum absolute atomic E-state index is 11.6. The Kier molecular flexibility index (Phi) is 3.94. The summed E-state index contributed by atoms with van der Waals surface area (Å²) in [5, 5.41) is 11.0. The molecule has 1 aliphatic rings. The quantitative estimate of drug-likeness (QED) is 0.717. The number of carbonyl (C=O) groups excluding carboxylic acids is 1. The molecule has 5 heteroatoms. The molecule has 5 nitrogen and oxygen atoms in total. The van der Waals surface area contributed by atoms with E-state index in [2.05, 4.69) is 5.32 Å². The van der Waals surface area contributed by atoms with E-state index in [9.17, 15) is 9.59 Å². The fourth-order valence-corrected chi connectivity index (χ4v) is 2.02. The summed E-state index contributed by atoms with van der Waals surface area (Å²) in [5.74, 6) is 0.232. The second kappa shape index (κ2) is 5.00. The molecule has 15 heavy (non-hydrogen) atoms. The van der Waals surface area contributed by atoms with Crippen molar-refractivity contribution in [1.29, 1.82) is 0 Å². The molecule has 0 spiro atoms. The summed E-state index contributed by atoms with van der Waals surface area (Å²) in [6.07, 6.45) is 2.11. The summed E-state index contributed by atoms with van der Waals surface area (Å²) < 4.78 is 0. The fraction of sp³-hybridized carbons (Fsp3) is 0.800. The van der Waals surface area contributed by atoms with Gasteiger partial charge in [0.15, 0.2) is 0 Å². The Bertz CT molecular complexity index is 245. The van der Waals surface area contributed by atoms with Crippen molar-refractivity contribution in [3.05, 3.63) is 0 Å². The molecule has 0 aromatic carbocycles. The summed E-state index contributed by atoms with van der Waals surface area (Å²) >= 11 is 0. The first-order chi connectivity index (χ1) is 7.00. The van der Waals surface area contributed by atoms with Crippen LogP contribution in [0.4, 0.5) is 4.79 Å². The third-order valence-corrected chi connectivity index (χ3v) is 2.84. The van der Waals surface area contributed by atoms with E-state index in [1.54, 1.807) is 19.0 Å². The van der Waals surface area contributed by atoms with Gasteiger partial charge < -0.3 is 15.3 Å². The molecule has 0 atom stereocenters. The second-order valence-electron chi connectivity index (χ2n) is 4.23. The van der Waals surface area contributed by atoms with Crippen LogP contribution >= 0.6 is 0 Å². The van der Waals surface area contributed by atoms with Crippen molar-refractivity contribution in [2.24, 2.45) is 5.92 Å². The average molecular weight is 214 g/mol. The van der Waals surface area contributed by atoms with Crippen LogP contribution < -0.4 is 5.32 Å². The monoisotopic (exact) mass is 214 g/mol. The van der Waals surface area contributed by atoms with E-state index in [1.807, 2.05) is 0 Å². The minimum atomic E-state index is -0.975. The zero-order valence-corrected chi connectivity index (χ0v) is 9.19. The lowest BCUT2D eigenvalue weighted by atomic mass is 9.85. The normalized spacial score (nSPS) is 25.7. The molecule has 0 aromatic rings. The molecule has 0 aromatic heterocycles. The summed E-state index contributed by atoms with van der Waals surface area (Å²) in [7, 11) is 3.51. The lowest BCUT2D eigenvalue weighted by Gasteiger charge is -2.29. The number of carbonyl (C=O) groups is 2. The standard InChI is InChI=1S/C10H18N2O3/c1-12(2)9(13)7-3-5-8(6-4-7)11-10(14)15/h7-8,11H,3-6H2,1-2H3,(H,14,15)/t7-,8-. The zero-order valence-electron chi connectivity index (χ0n) is 9.19. The number of rotatable bonds is 2. The predicted molar refractivity (Wildman–Crippen MR) is 55.6 cm³/mol. The van der Waals surface area contributed by atoms with Gasteiger partial charge in [0.05, 0.1) is 0 Å². The lowest BCUT2D eigenvalue weighted by Crippen LogP contribution is -2.40. The number of nitrogens with one attached hydrogen (secondary N) is 1. The molecule has 0 saturated heterocycles. The first-order valence-corrected chi connectivity index (χ1v) is 5.21. The number of amides is 2. The van der Waals surface area contributed by atoms with Crippen LogP contribution in [-0.2, 0) is 4.79 Å². The Balaban J connectivity index is 2.35. The van der Waals surface area contributed by atoms with Gasteiger partial charge in [0, 0.05) is 26.1 Å². The largest absolute Gasteiger partial charge is 0.465 e. The van der Waals surface area contributed by atoms with E-state index in [0.717, 1.165) is 25.7 Å². The van der Waals surface area contributed by atoms with Gasteiger partial charge >= 0.3 is 6.09 Å². The zero-order chi connectivity index (χ0) is 11.4. The van der Waals surface area contributed by atoms with Crippen molar-refractivity contribution >= 4 is 12.0 Å². The van der Waals surface area contributed by atoms with Crippen LogP contribution in [0, 0.1) is 5.92 Å². The predicted octanol–water partition coefficient (Wildman–Crippen LogP) is 0.901. The van der Waals surface area contributed by atoms with E-state index < -0.39 is 6.09 Å². The second-order valence-corrected chi connectivity index (χ2v) is 4.23. The highest BCUT2D eigenvalue weighted by Gasteiger charge is 2.27. The average Bonchev–Trinajstić information content (AvgIpc) is 2.17. The molecule has 0 unspecified atom stereocenters. The van der Waals surface area contributed by atoms with E-state index in [0.29, 0.717) is 0 Å². The van der Waals surface area contributed by atoms with Gasteiger partial charge in [-0.25, -0.2) is 4.79 Å². The molecule has 1 saturated carbocycles. The molecular formula is C10H18N2O3. The summed E-state index contributed by atoms with van der Waals surface area (Å²) in [6, 6.07) is 0.0220. The van der Waals surface area contributed by atoms with Gasteiger partial charge in [0.2, 0.25) is 5.91 Å². The van der Waals surface area contributed by atoms with Crippen molar-refractivity contribution in [2.75, 3.05) is 14.1 Å². The highest BCUT2D eigenvalue weighted by molar-refractivity contribution is 5.78. The number of nitrogens with zero attached hydrogens (tertiary/aromatic N) is 1. The smallest absolute Gasteiger partial charge is 0.404 e. The molecule has 86 valence electrons. The van der Waals surface area contributed by atoms with Crippen molar-refractivity contribution in [2.45, 2.75) is 31.7 Å². The molecule has 0 heterocycles. The molecule has 0 aliphatic heterocycles. The minimum absolute atomic E-state index is 0.0220. The number of hydrogen-bond acceptors (Lipinski definition) is 2. The molecular weight excluding hydrogens is 196 g/mol. The van der Waals surface area contributed by atoms with Gasteiger partial charge in [-0.1, -0.05) is 0 Å². The fourth-order valence-electron chi connectivity index (χ4n) is 2.02. The van der Waals surface area contributed by atoms with Gasteiger partial charge in [0.1, 0.15) is 0 Å². The summed E-state index contributed by atoms with van der Waals surface area (Å²) in [6.45, 7) is 0. The topological polar surface area (TPSA) is 69.6 Å². The molecule has 2 amide bonds. The first-order valence-electron chi connectivity index (χ1n) is 5.21. The molecule has 1 rings (SSSR count). The Morgan fingerprint density at radius 1 is 1.20 bits per heavy atom. The summed E-state index contributed by atoms with van der Waals surface area (Å²) in [4.78, 5) is 23.6. The third kappa shape index (κ3) is 3.42. The van der Waals surface area contributed by atoms with E-state index in [1.165, 1.54) is 0 Å². The van der Waals surface area contributed by atoms with Crippen LogP contribution in [0.15, 0.2) is 0 Å². The van der Waals surface area contributed by atoms with Crippen molar-refractivity contribution in [3.63, 3.8) is 0 Å². The Labute approximate surface area is 89.4 Å². The van der Waals surface area contributed by atoms with Crippen LogP contribution in [0.5, 0.6) is 0 Å². The van der Waals surface area contributed by atoms with Gasteiger partial charge in [-0.05, 0) is 25.7 Å². The Hall–Kier alpha value is -1.26. The Morgan fingerprint density at radius 2 is 1.73 bits per heavy atom. The lowest BCUT2D eigenvalue weighted by molar-refractivity contribution is -0.134. The highest BCUT2D eigenvalue weighted by atomic mass is 16.4. The van der Waals surface area contributed by atoms with Crippen LogP contribution in [0.2, 0.25) is 0 Å². The van der Waals surface area contributed by atoms with Gasteiger partial charge in [-0.2, -0.15) is 0 Å². The molecule has 2 N–H and O–H groups in total. The SMILES string of the molecule is CN(C)C(=O)[C@H]1CC[C@H](NC(=O)O)CC1. The minimum Gasteiger partial charge on any atom is -0.465 e. The van der Waals surface area contributed by atoms with Crippen LogP contribution in [0.3, 0.4) is 0 Å². The van der Waals surface area contributed by atoms with Crippen molar-refractivity contribution in [1.82, 2.24) is 10.2 Å². The van der Waals surface area contributed by atoms with Crippen molar-refractivity contribution in [3.8, 4) is 0 Å². The number of carboxylic acid groups (broad SMARTS) is 1. The van der Waals surface area contributed by atoms with Crippen LogP contribution in [0.1, 0.15) is 25.7 Å². The van der Waals surface area contributed by atoms with E-state index in [4.69, 9.17) is 5.11 Å². The third-order valence-electron chi connectivity index (χ3n) is 2.84. The maximum atomic E-state index is 11.6. The molecule has 1 fully saturated rings. The van der Waals surface area contributed by atoms with Crippen molar-refractivity contribution < 1.29 is 14.7 Å². The first kappa shape index (κ1) is 11.8. The van der Waals surface area contributed by atoms with Gasteiger partial charge in [0.25, 0.3) is 0 Å². The molecule has 0 bridgehead atoms. The molecule has 0 radical (unpaired) electrons. The van der Waals surface area contributed by atoms with Crippen LogP contribution in [0.25, 0.3) is 0 Å². The maximum Gasteiger partial charge on any atom is 0.404 e. The summed E-state index contributed by atoms with van der Waals surface area (Å²) in [5.41, 5.74) is 0. The Morgan fingerprint density at radius 3 is 2.13 bits per heavy atom. The molecule has 1 aliphatic carbocycles. The van der Waals surface area contributed by atoms with E-state index >= 15 is 0 Å². The van der Waals surface area contributed by atoms with Gasteiger partial charge in [-0.15, -0.1) is 0 Å². The van der Waals surface area contributed by atoms with E-state index in [-0.39, 0.29) is 17.9 Å². The van der Waals surface area contributed by atoms with Crippen LogP contribution in [-0.4, -0.2) is 42.1 Å². The number of hydrogen-bond donors (Lipinski definition) is 2. The highest BCUT2D eigenvalue weighted by Crippen LogP contribution is 2.25. The van der Waals surface area contributed by atoms with Gasteiger partial charge in [-0.3, -0.25) is 4.79 Å².